The van der Waals surface area contributed by atoms with Crippen molar-refractivity contribution in [3.8, 4) is 44.5 Å². The van der Waals surface area contributed by atoms with Crippen LogP contribution in [0.25, 0.3) is 82.9 Å². The highest BCUT2D eigenvalue weighted by atomic mass is 14.8. The van der Waals surface area contributed by atoms with Crippen molar-refractivity contribution in [1.82, 2.24) is 0 Å². The highest BCUT2D eigenvalue weighted by molar-refractivity contribution is 6.21. The lowest BCUT2D eigenvalue weighted by atomic mass is 9.80. The summed E-state index contributed by atoms with van der Waals surface area (Å²) in [7, 11) is 0. The van der Waals surface area contributed by atoms with E-state index in [1.54, 1.807) is 0 Å². The van der Waals surface area contributed by atoms with Crippen LogP contribution in [0.5, 0.6) is 0 Å². The summed E-state index contributed by atoms with van der Waals surface area (Å²) in [5, 5.41) is 16.6. The number of hydrogen-bond donors (Lipinski definition) is 1. The monoisotopic (exact) mass is 844 g/mol. The largest absolute Gasteiger partial charge is 0.282 e. The van der Waals surface area contributed by atoms with Crippen molar-refractivity contribution in [1.29, 1.82) is 5.41 Å². The van der Waals surface area contributed by atoms with Crippen LogP contribution in [0.3, 0.4) is 0 Å². The summed E-state index contributed by atoms with van der Waals surface area (Å²) < 4.78 is 0. The zero-order valence-electron chi connectivity index (χ0n) is 37.7. The van der Waals surface area contributed by atoms with Crippen molar-refractivity contribution >= 4 is 49.9 Å². The van der Waals surface area contributed by atoms with Gasteiger partial charge in [0.25, 0.3) is 0 Å². The molecule has 314 valence electrons. The lowest BCUT2D eigenvalue weighted by Crippen LogP contribution is -2.15. The van der Waals surface area contributed by atoms with E-state index in [9.17, 15) is 5.41 Å². The second-order valence-corrected chi connectivity index (χ2v) is 19.0. The molecular weight excluding hydrogens is 797 g/mol. The number of hydrogen-bond acceptors (Lipinski definition) is 1. The second-order valence-electron chi connectivity index (χ2n) is 19.0. The van der Waals surface area contributed by atoms with E-state index in [2.05, 4.69) is 210 Å². The number of aliphatic imine (C=N–C) groups is 1. The zero-order valence-corrected chi connectivity index (χ0v) is 37.7. The third kappa shape index (κ3) is 6.16. The number of rotatable bonds is 6. The molecule has 2 aliphatic rings. The Morgan fingerprint density at radius 3 is 1.76 bits per heavy atom. The van der Waals surface area contributed by atoms with Gasteiger partial charge in [0, 0.05) is 22.0 Å². The van der Waals surface area contributed by atoms with Crippen LogP contribution in [0.15, 0.2) is 211 Å². The van der Waals surface area contributed by atoms with Crippen molar-refractivity contribution in [3.05, 3.63) is 245 Å². The second kappa shape index (κ2) is 15.1. The Bertz CT molecular complexity index is 3710. The average molecular weight is 845 g/mol. The van der Waals surface area contributed by atoms with Crippen LogP contribution in [0.1, 0.15) is 66.6 Å². The highest BCUT2D eigenvalue weighted by Crippen LogP contribution is 2.52. The summed E-state index contributed by atoms with van der Waals surface area (Å²) in [4.78, 5) is 5.10. The summed E-state index contributed by atoms with van der Waals surface area (Å²) in [6.45, 7) is 9.35. The maximum atomic E-state index is 9.18. The Balaban J connectivity index is 0.954. The molecule has 0 saturated heterocycles. The van der Waals surface area contributed by atoms with Crippen molar-refractivity contribution in [2.24, 2.45) is 4.99 Å². The summed E-state index contributed by atoms with van der Waals surface area (Å²) >= 11 is 0. The van der Waals surface area contributed by atoms with Gasteiger partial charge in [-0.15, -0.1) is 0 Å². The van der Waals surface area contributed by atoms with E-state index >= 15 is 0 Å². The van der Waals surface area contributed by atoms with Crippen molar-refractivity contribution in [2.75, 3.05) is 0 Å². The first-order valence-corrected chi connectivity index (χ1v) is 23.0. The van der Waals surface area contributed by atoms with Crippen LogP contribution in [0.4, 0.5) is 0 Å². The smallest absolute Gasteiger partial charge is 0.152 e. The Kier molecular flexibility index (Phi) is 9.05. The first kappa shape index (κ1) is 39.6. The normalized spacial score (nSPS) is 14.4. The summed E-state index contributed by atoms with van der Waals surface area (Å²) in [6.07, 6.45) is 4.30. The van der Waals surface area contributed by atoms with Gasteiger partial charge in [0.1, 0.15) is 0 Å². The summed E-state index contributed by atoms with van der Waals surface area (Å²) in [5.41, 5.74) is 18.7. The molecule has 12 rings (SSSR count). The standard InChI is InChI=1S/C64H48N2/c1-63(2)56-27-15-14-25-53(56)61-54(26-16-28-57(61)63)60(66-62(65)41-17-6-5-7-18-41)36-31-40-29-32-50(47-22-11-10-21-45(40)47)51-35-34-46(48-23-12-13-24-49(48)51)44-30-33-52-55-37-42-19-8-9-20-43(42)38-59(55)64(3,4)58(52)39-44/h5-39,65H,1-4H3/b36-31+,65-62?,66-60?. The molecule has 0 heterocycles. The van der Waals surface area contributed by atoms with Crippen LogP contribution < -0.4 is 0 Å². The van der Waals surface area contributed by atoms with Crippen molar-refractivity contribution < 1.29 is 0 Å². The predicted octanol–water partition coefficient (Wildman–Crippen LogP) is 16.6. The Morgan fingerprint density at radius 2 is 0.985 bits per heavy atom. The highest BCUT2D eigenvalue weighted by Gasteiger charge is 2.38. The molecule has 0 bridgehead atoms. The maximum absolute atomic E-state index is 9.18. The lowest BCUT2D eigenvalue weighted by molar-refractivity contribution is 0.660. The molecule has 2 aliphatic carbocycles. The van der Waals surface area contributed by atoms with Crippen LogP contribution in [-0.2, 0) is 10.8 Å². The van der Waals surface area contributed by atoms with E-state index in [-0.39, 0.29) is 16.7 Å². The molecule has 0 aromatic heterocycles. The van der Waals surface area contributed by atoms with E-state index < -0.39 is 0 Å². The van der Waals surface area contributed by atoms with Crippen LogP contribution in [0.2, 0.25) is 0 Å². The minimum Gasteiger partial charge on any atom is -0.282 e. The summed E-state index contributed by atoms with van der Waals surface area (Å²) in [6, 6.07) is 72.5. The molecule has 0 aliphatic heterocycles. The minimum absolute atomic E-state index is 0.116. The number of nitrogens with zero attached hydrogens (tertiary/aromatic N) is 1. The van der Waals surface area contributed by atoms with E-state index in [0.717, 1.165) is 27.8 Å². The van der Waals surface area contributed by atoms with Crippen LogP contribution in [-0.4, -0.2) is 11.5 Å². The van der Waals surface area contributed by atoms with Gasteiger partial charge in [-0.1, -0.05) is 216 Å². The third-order valence-electron chi connectivity index (χ3n) is 14.6. The molecule has 0 amide bonds. The number of nitrogens with one attached hydrogen (secondary N) is 1. The third-order valence-corrected chi connectivity index (χ3v) is 14.6. The van der Waals surface area contributed by atoms with Gasteiger partial charge >= 0.3 is 0 Å². The Labute approximate surface area is 386 Å². The van der Waals surface area contributed by atoms with Gasteiger partial charge < -0.3 is 0 Å². The first-order valence-electron chi connectivity index (χ1n) is 23.0. The van der Waals surface area contributed by atoms with Crippen LogP contribution in [0, 0.1) is 5.41 Å². The van der Waals surface area contributed by atoms with Gasteiger partial charge in [-0.3, -0.25) is 5.41 Å². The molecule has 10 aromatic rings. The van der Waals surface area contributed by atoms with E-state index in [0.29, 0.717) is 0 Å². The predicted molar refractivity (Wildman–Crippen MR) is 280 cm³/mol. The van der Waals surface area contributed by atoms with Gasteiger partial charge in [-0.05, 0) is 129 Å². The maximum Gasteiger partial charge on any atom is 0.152 e. The fourth-order valence-corrected chi connectivity index (χ4v) is 11.2. The van der Waals surface area contributed by atoms with Gasteiger partial charge in [-0.2, -0.15) is 0 Å². The van der Waals surface area contributed by atoms with E-state index in [4.69, 9.17) is 4.99 Å². The number of fused-ring (bicyclic) bond motifs is 9. The summed E-state index contributed by atoms with van der Waals surface area (Å²) in [5.74, 6) is 0.233. The topological polar surface area (TPSA) is 36.2 Å². The van der Waals surface area contributed by atoms with E-state index in [1.807, 2.05) is 30.3 Å². The molecule has 0 saturated carbocycles. The van der Waals surface area contributed by atoms with Crippen molar-refractivity contribution in [2.45, 2.75) is 38.5 Å². The molecule has 66 heavy (non-hydrogen) atoms. The van der Waals surface area contributed by atoms with Gasteiger partial charge in [-0.25, -0.2) is 4.99 Å². The average Bonchev–Trinajstić information content (AvgIpc) is 3.73. The molecule has 0 atom stereocenters. The lowest BCUT2D eigenvalue weighted by Gasteiger charge is -2.22. The molecule has 2 heteroatoms. The molecule has 0 unspecified atom stereocenters. The molecular formula is C64H48N2. The van der Waals surface area contributed by atoms with Crippen molar-refractivity contribution in [3.63, 3.8) is 0 Å². The SMILES string of the molecule is CC1(C)c2cc(-c3ccc(-c4ccc(/C=C/C(=NC(=N)c5ccccc5)c5cccc6c5-c5ccccc5C6(C)C)c5ccccc45)c4ccccc34)ccc2-c2cc3ccccc3cc21. The zero-order chi connectivity index (χ0) is 44.7. The fourth-order valence-electron chi connectivity index (χ4n) is 11.2. The molecule has 1 N–H and O–H groups in total. The Morgan fingerprint density at radius 1 is 0.424 bits per heavy atom. The number of allylic oxidation sites excluding steroid dienone is 1. The molecule has 0 radical (unpaired) electrons. The molecule has 0 fully saturated rings. The minimum atomic E-state index is -0.154. The first-order chi connectivity index (χ1) is 32.2. The van der Waals surface area contributed by atoms with Crippen LogP contribution >= 0.6 is 0 Å². The van der Waals surface area contributed by atoms with Gasteiger partial charge in [0.2, 0.25) is 0 Å². The molecule has 10 aromatic carbocycles. The Hall–Kier alpha value is -7.94. The quantitative estimate of drug-likeness (QED) is 0.128. The number of benzene rings is 10. The van der Waals surface area contributed by atoms with Gasteiger partial charge in [0.15, 0.2) is 5.84 Å². The van der Waals surface area contributed by atoms with E-state index in [1.165, 1.54) is 93.7 Å². The fraction of sp³-hybridized carbons (Fsp3) is 0.0938. The molecule has 2 nitrogen and oxygen atoms in total. The van der Waals surface area contributed by atoms with Gasteiger partial charge in [0.05, 0.1) is 5.71 Å². The number of amidine groups is 1. The molecule has 0 spiro atoms.